The Labute approximate surface area is 110 Å². The number of carbonyl (C=O) groups excluding carboxylic acids is 1. The number of benzene rings is 1. The zero-order chi connectivity index (χ0) is 12.4. The summed E-state index contributed by atoms with van der Waals surface area (Å²) >= 11 is 4.36. The van der Waals surface area contributed by atoms with Crippen molar-refractivity contribution in [3.05, 3.63) is 50.4 Å². The van der Waals surface area contributed by atoms with Gasteiger partial charge in [-0.05, 0) is 45.6 Å². The van der Waals surface area contributed by atoms with Crippen LogP contribution in [0.15, 0.2) is 34.1 Å². The molecule has 0 N–H and O–H groups in total. The van der Waals surface area contributed by atoms with Crippen molar-refractivity contribution in [3.63, 3.8) is 0 Å². The Balaban J connectivity index is 2.40. The lowest BCUT2D eigenvalue weighted by molar-refractivity contribution is 0.104. The van der Waals surface area contributed by atoms with E-state index in [0.29, 0.717) is 16.2 Å². The molecule has 0 aliphatic carbocycles. The Morgan fingerprint density at radius 3 is 2.82 bits per heavy atom. The normalized spacial score (nSPS) is 10.3. The number of thiophene rings is 1. The molecule has 88 valence electrons. The molecule has 1 aromatic carbocycles. The van der Waals surface area contributed by atoms with Crippen LogP contribution >= 0.6 is 27.3 Å². The van der Waals surface area contributed by atoms with E-state index < -0.39 is 0 Å². The summed E-state index contributed by atoms with van der Waals surface area (Å²) in [5.74, 6) is -0.0160. The van der Waals surface area contributed by atoms with Crippen molar-refractivity contribution in [2.75, 3.05) is 7.11 Å². The van der Waals surface area contributed by atoms with Gasteiger partial charge in [0.15, 0.2) is 0 Å². The van der Waals surface area contributed by atoms with Crippen molar-refractivity contribution in [1.29, 1.82) is 0 Å². The number of carbonyl (C=O) groups is 1. The van der Waals surface area contributed by atoms with Gasteiger partial charge in [0, 0.05) is 5.56 Å². The van der Waals surface area contributed by atoms with Gasteiger partial charge in [0.1, 0.15) is 16.4 Å². The van der Waals surface area contributed by atoms with Crippen molar-refractivity contribution in [2.45, 2.75) is 0 Å². The van der Waals surface area contributed by atoms with E-state index in [-0.39, 0.29) is 16.1 Å². The van der Waals surface area contributed by atoms with Gasteiger partial charge in [0.05, 0.1) is 11.6 Å². The molecule has 1 heterocycles. The molecule has 0 spiro atoms. The highest BCUT2D eigenvalue weighted by atomic mass is 79.9. The van der Waals surface area contributed by atoms with E-state index in [1.165, 1.54) is 36.6 Å². The van der Waals surface area contributed by atoms with Gasteiger partial charge >= 0.3 is 0 Å². The van der Waals surface area contributed by atoms with Gasteiger partial charge in [-0.25, -0.2) is 4.39 Å². The average Bonchev–Trinajstić information content (AvgIpc) is 2.80. The summed E-state index contributed by atoms with van der Waals surface area (Å²) in [6.07, 6.45) is 0. The molecule has 0 saturated heterocycles. The van der Waals surface area contributed by atoms with Crippen molar-refractivity contribution in [3.8, 4) is 5.75 Å². The Hall–Kier alpha value is -1.20. The summed E-state index contributed by atoms with van der Waals surface area (Å²) in [4.78, 5) is 12.7. The van der Waals surface area contributed by atoms with E-state index in [1.54, 1.807) is 11.4 Å². The molecule has 0 fully saturated rings. The first-order chi connectivity index (χ1) is 8.13. The van der Waals surface area contributed by atoms with Crippen LogP contribution in [0.1, 0.15) is 15.2 Å². The maximum Gasteiger partial charge on any atom is 0.206 e. The third kappa shape index (κ3) is 2.40. The second-order valence-corrected chi connectivity index (χ2v) is 5.05. The summed E-state index contributed by atoms with van der Waals surface area (Å²) in [6.45, 7) is 0. The third-order valence-corrected chi connectivity index (χ3v) is 3.74. The van der Waals surface area contributed by atoms with Crippen LogP contribution in [-0.4, -0.2) is 12.9 Å². The van der Waals surface area contributed by atoms with Crippen LogP contribution in [0.3, 0.4) is 0 Å². The maximum absolute atomic E-state index is 13.1. The summed E-state index contributed by atoms with van der Waals surface area (Å²) < 4.78 is 18.4. The fourth-order valence-electron chi connectivity index (χ4n) is 1.39. The third-order valence-electron chi connectivity index (χ3n) is 2.24. The molecule has 2 aromatic rings. The molecular formula is C12H8BrFO2S. The first-order valence-electron chi connectivity index (χ1n) is 4.74. The van der Waals surface area contributed by atoms with E-state index in [1.807, 2.05) is 0 Å². The summed E-state index contributed by atoms with van der Waals surface area (Å²) in [6, 6.07) is 5.92. The maximum atomic E-state index is 13.1. The van der Waals surface area contributed by atoms with Gasteiger partial charge in [-0.3, -0.25) is 4.79 Å². The highest BCUT2D eigenvalue weighted by molar-refractivity contribution is 9.10. The first kappa shape index (κ1) is 12.3. The second kappa shape index (κ2) is 4.98. The van der Waals surface area contributed by atoms with Crippen molar-refractivity contribution >= 4 is 33.0 Å². The monoisotopic (exact) mass is 314 g/mol. The molecule has 17 heavy (non-hydrogen) atoms. The van der Waals surface area contributed by atoms with Crippen molar-refractivity contribution < 1.29 is 13.9 Å². The van der Waals surface area contributed by atoms with Gasteiger partial charge < -0.3 is 4.74 Å². The van der Waals surface area contributed by atoms with Crippen LogP contribution in [0.4, 0.5) is 4.39 Å². The zero-order valence-corrected chi connectivity index (χ0v) is 11.3. The SMILES string of the molecule is COc1ccsc1C(=O)c1ccc(F)c(Br)c1. The number of ketones is 1. The topological polar surface area (TPSA) is 26.3 Å². The highest BCUT2D eigenvalue weighted by Gasteiger charge is 2.16. The van der Waals surface area contributed by atoms with E-state index >= 15 is 0 Å². The van der Waals surface area contributed by atoms with E-state index in [4.69, 9.17) is 4.74 Å². The lowest BCUT2D eigenvalue weighted by atomic mass is 10.1. The van der Waals surface area contributed by atoms with Gasteiger partial charge in [-0.2, -0.15) is 0 Å². The molecule has 5 heteroatoms. The lowest BCUT2D eigenvalue weighted by Crippen LogP contribution is -2.01. The predicted molar refractivity (Wildman–Crippen MR) is 68.4 cm³/mol. The Kier molecular flexibility index (Phi) is 3.59. The van der Waals surface area contributed by atoms with E-state index in [2.05, 4.69) is 15.9 Å². The largest absolute Gasteiger partial charge is 0.495 e. The average molecular weight is 315 g/mol. The molecule has 0 bridgehead atoms. The van der Waals surface area contributed by atoms with Crippen LogP contribution < -0.4 is 4.74 Å². The first-order valence-corrected chi connectivity index (χ1v) is 6.42. The van der Waals surface area contributed by atoms with Gasteiger partial charge in [0.2, 0.25) is 5.78 Å². The van der Waals surface area contributed by atoms with Gasteiger partial charge in [-0.15, -0.1) is 11.3 Å². The Morgan fingerprint density at radius 1 is 1.41 bits per heavy atom. The quantitative estimate of drug-likeness (QED) is 0.803. The number of halogens is 2. The molecule has 0 atom stereocenters. The van der Waals surface area contributed by atoms with Crippen molar-refractivity contribution in [1.82, 2.24) is 0 Å². The molecule has 0 radical (unpaired) electrons. The predicted octanol–water partition coefficient (Wildman–Crippen LogP) is 3.89. The fraction of sp³-hybridized carbons (Fsp3) is 0.0833. The van der Waals surface area contributed by atoms with Crippen LogP contribution in [0.5, 0.6) is 5.75 Å². The minimum Gasteiger partial charge on any atom is -0.495 e. The summed E-state index contributed by atoms with van der Waals surface area (Å²) in [7, 11) is 1.51. The smallest absolute Gasteiger partial charge is 0.206 e. The molecular weight excluding hydrogens is 307 g/mol. The minimum atomic E-state index is -0.389. The molecule has 2 nitrogen and oxygen atoms in total. The van der Waals surface area contributed by atoms with Crippen molar-refractivity contribution in [2.24, 2.45) is 0 Å². The van der Waals surface area contributed by atoms with Crippen LogP contribution in [0.2, 0.25) is 0 Å². The minimum absolute atomic E-state index is 0.169. The number of rotatable bonds is 3. The highest BCUT2D eigenvalue weighted by Crippen LogP contribution is 2.28. The molecule has 0 saturated carbocycles. The molecule has 0 aliphatic rings. The van der Waals surface area contributed by atoms with Gasteiger partial charge in [0.25, 0.3) is 0 Å². The van der Waals surface area contributed by atoms with Crippen LogP contribution in [0.25, 0.3) is 0 Å². The number of hydrogen-bond acceptors (Lipinski definition) is 3. The lowest BCUT2D eigenvalue weighted by Gasteiger charge is -2.03. The molecule has 0 aliphatic heterocycles. The summed E-state index contributed by atoms with van der Waals surface area (Å²) in [5, 5.41) is 1.78. The number of ether oxygens (including phenoxy) is 1. The Bertz CT molecular complexity index is 565. The molecule has 2 rings (SSSR count). The molecule has 0 unspecified atom stereocenters. The summed E-state index contributed by atoms with van der Waals surface area (Å²) in [5.41, 5.74) is 0.430. The number of hydrogen-bond donors (Lipinski definition) is 0. The van der Waals surface area contributed by atoms with Crippen LogP contribution in [-0.2, 0) is 0 Å². The number of methoxy groups -OCH3 is 1. The molecule has 1 aromatic heterocycles. The van der Waals surface area contributed by atoms with E-state index in [0.717, 1.165) is 0 Å². The van der Waals surface area contributed by atoms with E-state index in [9.17, 15) is 9.18 Å². The second-order valence-electron chi connectivity index (χ2n) is 3.28. The standard InChI is InChI=1S/C12H8BrFO2S/c1-16-10-4-5-17-12(10)11(15)7-2-3-9(14)8(13)6-7/h2-6H,1H3. The Morgan fingerprint density at radius 2 is 2.18 bits per heavy atom. The van der Waals surface area contributed by atoms with Gasteiger partial charge in [-0.1, -0.05) is 0 Å². The fourth-order valence-corrected chi connectivity index (χ4v) is 2.59. The molecule has 0 amide bonds. The zero-order valence-electron chi connectivity index (χ0n) is 8.87. The van der Waals surface area contributed by atoms with Crippen LogP contribution in [0, 0.1) is 5.82 Å².